The number of aryl methyl sites for hydroxylation is 1. The standard InChI is InChI=1S/C19H22N4O/c1-19(20,14-8-3-2-4-9-14)18(24)21-13-7-12-17-22-15-10-5-6-11-16(15)23-17/h2-6,8-11H,7,12-13,20H2,1H3,(H,21,24)(H,22,23). The van der Waals surface area contributed by atoms with Crippen LogP contribution < -0.4 is 11.1 Å². The first-order valence-electron chi connectivity index (χ1n) is 8.14. The van der Waals surface area contributed by atoms with E-state index in [1.165, 1.54) is 0 Å². The lowest BCUT2D eigenvalue weighted by Crippen LogP contribution is -2.49. The third-order valence-corrected chi connectivity index (χ3v) is 4.16. The highest BCUT2D eigenvalue weighted by molar-refractivity contribution is 5.86. The van der Waals surface area contributed by atoms with E-state index >= 15 is 0 Å². The van der Waals surface area contributed by atoms with Crippen LogP contribution in [0.15, 0.2) is 54.6 Å². The van der Waals surface area contributed by atoms with Crippen LogP contribution in [-0.4, -0.2) is 22.4 Å². The van der Waals surface area contributed by atoms with Crippen molar-refractivity contribution in [2.45, 2.75) is 25.3 Å². The summed E-state index contributed by atoms with van der Waals surface area (Å²) in [7, 11) is 0. The van der Waals surface area contributed by atoms with Gasteiger partial charge in [-0.15, -0.1) is 0 Å². The first kappa shape index (κ1) is 16.2. The van der Waals surface area contributed by atoms with Gasteiger partial charge in [-0.2, -0.15) is 0 Å². The SMILES string of the molecule is CC(N)(C(=O)NCCCc1nc2ccccc2[nH]1)c1ccccc1. The number of imidazole rings is 1. The van der Waals surface area contributed by atoms with E-state index in [2.05, 4.69) is 15.3 Å². The maximum absolute atomic E-state index is 12.4. The van der Waals surface area contributed by atoms with Crippen molar-refractivity contribution in [1.82, 2.24) is 15.3 Å². The number of carbonyl (C=O) groups is 1. The molecule has 0 saturated heterocycles. The Labute approximate surface area is 141 Å². The summed E-state index contributed by atoms with van der Waals surface area (Å²) in [6, 6.07) is 17.4. The number of aromatic nitrogens is 2. The average Bonchev–Trinajstić information content (AvgIpc) is 3.02. The molecule has 0 saturated carbocycles. The maximum Gasteiger partial charge on any atom is 0.244 e. The minimum absolute atomic E-state index is 0.168. The van der Waals surface area contributed by atoms with E-state index in [1.54, 1.807) is 6.92 Å². The zero-order valence-corrected chi connectivity index (χ0v) is 13.8. The number of amides is 1. The number of nitrogens with zero attached hydrogens (tertiary/aromatic N) is 1. The number of nitrogens with two attached hydrogens (primary N) is 1. The molecular weight excluding hydrogens is 300 g/mol. The van der Waals surface area contributed by atoms with E-state index in [4.69, 9.17) is 5.73 Å². The predicted molar refractivity (Wildman–Crippen MR) is 95.4 cm³/mol. The van der Waals surface area contributed by atoms with Crippen LogP contribution in [0.5, 0.6) is 0 Å². The van der Waals surface area contributed by atoms with Crippen LogP contribution in [0.3, 0.4) is 0 Å². The monoisotopic (exact) mass is 322 g/mol. The number of carbonyl (C=O) groups excluding carboxylic acids is 1. The average molecular weight is 322 g/mol. The molecule has 2 aromatic carbocycles. The Bertz CT molecular complexity index is 791. The zero-order chi connectivity index (χ0) is 17.0. The minimum atomic E-state index is -1.03. The number of benzene rings is 2. The molecule has 124 valence electrons. The molecule has 3 aromatic rings. The second-order valence-corrected chi connectivity index (χ2v) is 6.13. The second-order valence-electron chi connectivity index (χ2n) is 6.13. The fraction of sp³-hybridized carbons (Fsp3) is 0.263. The summed E-state index contributed by atoms with van der Waals surface area (Å²) in [6.07, 6.45) is 1.58. The molecule has 0 spiro atoms. The van der Waals surface area contributed by atoms with Crippen molar-refractivity contribution in [3.8, 4) is 0 Å². The van der Waals surface area contributed by atoms with Crippen LogP contribution in [0.25, 0.3) is 11.0 Å². The van der Waals surface area contributed by atoms with Crippen LogP contribution in [0.1, 0.15) is 24.7 Å². The Morgan fingerprint density at radius 3 is 2.62 bits per heavy atom. The zero-order valence-electron chi connectivity index (χ0n) is 13.8. The molecule has 0 aliphatic carbocycles. The second kappa shape index (κ2) is 6.84. The molecule has 1 heterocycles. The molecule has 3 rings (SSSR count). The molecule has 0 radical (unpaired) electrons. The van der Waals surface area contributed by atoms with Crippen LogP contribution in [-0.2, 0) is 16.8 Å². The summed E-state index contributed by atoms with van der Waals surface area (Å²) >= 11 is 0. The van der Waals surface area contributed by atoms with Gasteiger partial charge in [-0.1, -0.05) is 42.5 Å². The van der Waals surface area contributed by atoms with E-state index in [9.17, 15) is 4.79 Å². The van der Waals surface area contributed by atoms with Gasteiger partial charge < -0.3 is 16.0 Å². The van der Waals surface area contributed by atoms with Gasteiger partial charge in [0.25, 0.3) is 0 Å². The lowest BCUT2D eigenvalue weighted by atomic mass is 9.92. The van der Waals surface area contributed by atoms with Gasteiger partial charge in [0.2, 0.25) is 5.91 Å². The molecular formula is C19H22N4O. The third kappa shape index (κ3) is 3.46. The number of hydrogen-bond donors (Lipinski definition) is 3. The molecule has 0 bridgehead atoms. The molecule has 1 amide bonds. The smallest absolute Gasteiger partial charge is 0.244 e. The normalized spacial score (nSPS) is 13.6. The number of hydrogen-bond acceptors (Lipinski definition) is 3. The molecule has 4 N–H and O–H groups in total. The lowest BCUT2D eigenvalue weighted by molar-refractivity contribution is -0.126. The molecule has 24 heavy (non-hydrogen) atoms. The minimum Gasteiger partial charge on any atom is -0.354 e. The van der Waals surface area contributed by atoms with Crippen LogP contribution >= 0.6 is 0 Å². The lowest BCUT2D eigenvalue weighted by Gasteiger charge is -2.24. The van der Waals surface area contributed by atoms with Crippen molar-refractivity contribution in [3.63, 3.8) is 0 Å². The highest BCUT2D eigenvalue weighted by Gasteiger charge is 2.29. The fourth-order valence-corrected chi connectivity index (χ4v) is 2.68. The Morgan fingerprint density at radius 1 is 1.17 bits per heavy atom. The number of H-pyrrole nitrogens is 1. The maximum atomic E-state index is 12.4. The molecule has 5 heteroatoms. The third-order valence-electron chi connectivity index (χ3n) is 4.16. The summed E-state index contributed by atoms with van der Waals surface area (Å²) in [6.45, 7) is 2.30. The van der Waals surface area contributed by atoms with Crippen LogP contribution in [0.2, 0.25) is 0 Å². The summed E-state index contributed by atoms with van der Waals surface area (Å²) in [5, 5.41) is 2.92. The van der Waals surface area contributed by atoms with Gasteiger partial charge in [-0.3, -0.25) is 4.79 Å². The summed E-state index contributed by atoms with van der Waals surface area (Å²) < 4.78 is 0. The van der Waals surface area contributed by atoms with Gasteiger partial charge in [0.15, 0.2) is 0 Å². The largest absolute Gasteiger partial charge is 0.354 e. The summed E-state index contributed by atoms with van der Waals surface area (Å²) in [5.41, 5.74) is 7.98. The van der Waals surface area contributed by atoms with Crippen molar-refractivity contribution < 1.29 is 4.79 Å². The Morgan fingerprint density at radius 2 is 1.88 bits per heavy atom. The predicted octanol–water partition coefficient (Wildman–Crippen LogP) is 2.49. The van der Waals surface area contributed by atoms with Gasteiger partial charge in [0, 0.05) is 13.0 Å². The molecule has 0 aliphatic rings. The van der Waals surface area contributed by atoms with Gasteiger partial charge in [0.05, 0.1) is 11.0 Å². The van der Waals surface area contributed by atoms with Gasteiger partial charge in [0.1, 0.15) is 11.4 Å². The number of rotatable bonds is 6. The number of nitrogens with one attached hydrogen (secondary N) is 2. The van der Waals surface area contributed by atoms with Gasteiger partial charge in [-0.25, -0.2) is 4.98 Å². The Kier molecular flexibility index (Phi) is 4.62. The molecule has 0 fully saturated rings. The Balaban J connectivity index is 1.51. The van der Waals surface area contributed by atoms with Gasteiger partial charge in [-0.05, 0) is 31.0 Å². The molecule has 1 unspecified atom stereocenters. The van der Waals surface area contributed by atoms with Gasteiger partial charge >= 0.3 is 0 Å². The number of para-hydroxylation sites is 2. The first-order valence-corrected chi connectivity index (χ1v) is 8.14. The van der Waals surface area contributed by atoms with Crippen molar-refractivity contribution >= 4 is 16.9 Å². The highest BCUT2D eigenvalue weighted by Crippen LogP contribution is 2.17. The Hall–Kier alpha value is -2.66. The van der Waals surface area contributed by atoms with E-state index in [-0.39, 0.29) is 5.91 Å². The molecule has 1 atom stereocenters. The van der Waals surface area contributed by atoms with E-state index in [0.717, 1.165) is 35.3 Å². The van der Waals surface area contributed by atoms with Crippen molar-refractivity contribution in [3.05, 3.63) is 66.0 Å². The van der Waals surface area contributed by atoms with Crippen molar-refractivity contribution in [1.29, 1.82) is 0 Å². The van der Waals surface area contributed by atoms with E-state index in [0.29, 0.717) is 6.54 Å². The van der Waals surface area contributed by atoms with Crippen LogP contribution in [0, 0.1) is 0 Å². The summed E-state index contributed by atoms with van der Waals surface area (Å²) in [4.78, 5) is 20.2. The fourth-order valence-electron chi connectivity index (χ4n) is 2.68. The quantitative estimate of drug-likeness (QED) is 0.610. The van der Waals surface area contributed by atoms with Crippen molar-refractivity contribution in [2.75, 3.05) is 6.54 Å². The van der Waals surface area contributed by atoms with E-state index in [1.807, 2.05) is 54.6 Å². The number of aromatic amines is 1. The summed E-state index contributed by atoms with van der Waals surface area (Å²) in [5.74, 6) is 0.766. The first-order chi connectivity index (χ1) is 11.6. The molecule has 1 aromatic heterocycles. The van der Waals surface area contributed by atoms with E-state index < -0.39 is 5.54 Å². The topological polar surface area (TPSA) is 83.8 Å². The van der Waals surface area contributed by atoms with Crippen molar-refractivity contribution in [2.24, 2.45) is 5.73 Å². The van der Waals surface area contributed by atoms with Crippen LogP contribution in [0.4, 0.5) is 0 Å². The molecule has 0 aliphatic heterocycles. The number of fused-ring (bicyclic) bond motifs is 1. The highest BCUT2D eigenvalue weighted by atomic mass is 16.2. The molecule has 5 nitrogen and oxygen atoms in total.